The van der Waals surface area contributed by atoms with Crippen molar-refractivity contribution >= 4 is 17.3 Å². The first-order valence-electron chi connectivity index (χ1n) is 3.34. The molecule has 0 spiro atoms. The van der Waals surface area contributed by atoms with Crippen LogP contribution < -0.4 is 5.32 Å². The summed E-state index contributed by atoms with van der Waals surface area (Å²) in [4.78, 5) is 4.36. The van der Waals surface area contributed by atoms with E-state index < -0.39 is 0 Å². The van der Waals surface area contributed by atoms with E-state index in [0.29, 0.717) is 6.04 Å². The Morgan fingerprint density at radius 1 is 1.67 bits per heavy atom. The number of rotatable bonds is 0. The molecule has 0 aliphatic carbocycles. The van der Waals surface area contributed by atoms with Crippen molar-refractivity contribution in [2.45, 2.75) is 17.7 Å². The molecule has 2 unspecified atom stereocenters. The monoisotopic (exact) mass is 142 g/mol. The zero-order chi connectivity index (χ0) is 6.10. The summed E-state index contributed by atoms with van der Waals surface area (Å²) in [6.45, 7) is 2.30. The van der Waals surface area contributed by atoms with Crippen molar-refractivity contribution < 1.29 is 0 Å². The van der Waals surface area contributed by atoms with Gasteiger partial charge >= 0.3 is 0 Å². The molecule has 0 saturated carbocycles. The van der Waals surface area contributed by atoms with Crippen LogP contribution in [0.15, 0.2) is 4.99 Å². The molecule has 2 heterocycles. The molecule has 1 fully saturated rings. The van der Waals surface area contributed by atoms with Gasteiger partial charge in [-0.15, -0.1) is 11.8 Å². The van der Waals surface area contributed by atoms with Gasteiger partial charge in [0.1, 0.15) is 0 Å². The Morgan fingerprint density at radius 2 is 2.67 bits per heavy atom. The Hall–Kier alpha value is -0.0200. The van der Waals surface area contributed by atoms with Crippen LogP contribution in [0.1, 0.15) is 6.42 Å². The molecule has 3 heteroatoms. The lowest BCUT2D eigenvalue weighted by atomic mass is 10.1. The van der Waals surface area contributed by atoms with Crippen LogP contribution in [0.2, 0.25) is 0 Å². The standard InChI is InChI=1S/C6H10N2S/c1-2-7-3-6-5(1)8-4-9-6/h4-7H,1-3H2. The lowest BCUT2D eigenvalue weighted by Crippen LogP contribution is -2.39. The van der Waals surface area contributed by atoms with Crippen LogP contribution in [-0.2, 0) is 0 Å². The maximum Gasteiger partial charge on any atom is 0.0652 e. The first-order valence-corrected chi connectivity index (χ1v) is 4.29. The van der Waals surface area contributed by atoms with Crippen molar-refractivity contribution in [3.63, 3.8) is 0 Å². The minimum absolute atomic E-state index is 0.635. The van der Waals surface area contributed by atoms with E-state index in [1.165, 1.54) is 6.42 Å². The number of thioether (sulfide) groups is 1. The molecule has 0 aromatic heterocycles. The van der Waals surface area contributed by atoms with Gasteiger partial charge in [0, 0.05) is 11.8 Å². The average Bonchev–Trinajstić information content (AvgIpc) is 2.33. The molecule has 0 amide bonds. The summed E-state index contributed by atoms with van der Waals surface area (Å²) in [5.74, 6) is 0. The Morgan fingerprint density at radius 3 is 3.56 bits per heavy atom. The van der Waals surface area contributed by atoms with Crippen molar-refractivity contribution in [1.29, 1.82) is 0 Å². The van der Waals surface area contributed by atoms with Gasteiger partial charge in [0.25, 0.3) is 0 Å². The van der Waals surface area contributed by atoms with E-state index in [2.05, 4.69) is 10.3 Å². The van der Waals surface area contributed by atoms with Crippen molar-refractivity contribution in [3.8, 4) is 0 Å². The molecule has 1 N–H and O–H groups in total. The highest BCUT2D eigenvalue weighted by atomic mass is 32.2. The van der Waals surface area contributed by atoms with Crippen LogP contribution in [0.3, 0.4) is 0 Å². The molecule has 0 radical (unpaired) electrons. The minimum Gasteiger partial charge on any atom is -0.315 e. The molecular weight excluding hydrogens is 132 g/mol. The van der Waals surface area contributed by atoms with Gasteiger partial charge in [-0.1, -0.05) is 0 Å². The lowest BCUT2D eigenvalue weighted by molar-refractivity contribution is 0.478. The van der Waals surface area contributed by atoms with Gasteiger partial charge in [0.05, 0.1) is 11.6 Å². The van der Waals surface area contributed by atoms with Gasteiger partial charge in [-0.3, -0.25) is 4.99 Å². The normalized spacial score (nSPS) is 40.9. The Balaban J connectivity index is 2.03. The molecule has 50 valence electrons. The largest absolute Gasteiger partial charge is 0.315 e. The first kappa shape index (κ1) is 5.74. The fraction of sp³-hybridized carbons (Fsp3) is 0.833. The Bertz CT molecular complexity index is 135. The molecule has 0 aromatic carbocycles. The van der Waals surface area contributed by atoms with Crippen LogP contribution in [0.25, 0.3) is 0 Å². The number of hydrogen-bond acceptors (Lipinski definition) is 3. The highest BCUT2D eigenvalue weighted by molar-refractivity contribution is 8.13. The zero-order valence-corrected chi connectivity index (χ0v) is 6.03. The van der Waals surface area contributed by atoms with Crippen LogP contribution >= 0.6 is 11.8 Å². The SMILES string of the molecule is C1=NC2CCNCC2S1. The molecule has 1 saturated heterocycles. The van der Waals surface area contributed by atoms with Gasteiger partial charge in [-0.05, 0) is 13.0 Å². The van der Waals surface area contributed by atoms with Crippen LogP contribution in [0.4, 0.5) is 0 Å². The molecule has 2 nitrogen and oxygen atoms in total. The fourth-order valence-corrected chi connectivity index (χ4v) is 2.30. The molecule has 2 atom stereocenters. The van der Waals surface area contributed by atoms with Crippen molar-refractivity contribution in [1.82, 2.24) is 5.32 Å². The van der Waals surface area contributed by atoms with Crippen molar-refractivity contribution in [2.24, 2.45) is 4.99 Å². The summed E-state index contributed by atoms with van der Waals surface area (Å²) in [7, 11) is 0. The van der Waals surface area contributed by atoms with Crippen LogP contribution in [-0.4, -0.2) is 29.9 Å². The van der Waals surface area contributed by atoms with E-state index in [-0.39, 0.29) is 0 Å². The summed E-state index contributed by atoms with van der Waals surface area (Å²) in [6.07, 6.45) is 1.23. The molecular formula is C6H10N2S. The third-order valence-corrected chi connectivity index (χ3v) is 2.95. The van der Waals surface area contributed by atoms with Gasteiger partial charge in [0.15, 0.2) is 0 Å². The highest BCUT2D eigenvalue weighted by Crippen LogP contribution is 2.25. The first-order chi connectivity index (χ1) is 4.47. The number of fused-ring (bicyclic) bond motifs is 1. The third-order valence-electron chi connectivity index (χ3n) is 1.88. The Kier molecular flexibility index (Phi) is 1.47. The number of piperidine rings is 1. The van der Waals surface area contributed by atoms with Crippen LogP contribution in [0.5, 0.6) is 0 Å². The second kappa shape index (κ2) is 2.31. The smallest absolute Gasteiger partial charge is 0.0652 e. The maximum atomic E-state index is 4.36. The molecule has 2 aliphatic rings. The predicted octanol–water partition coefficient (Wildman–Crippen LogP) is 0.492. The van der Waals surface area contributed by atoms with E-state index in [1.54, 1.807) is 0 Å². The number of aliphatic imine (C=N–C) groups is 1. The summed E-state index contributed by atoms with van der Waals surface area (Å²) >= 11 is 1.87. The van der Waals surface area contributed by atoms with Gasteiger partial charge in [-0.2, -0.15) is 0 Å². The number of nitrogens with one attached hydrogen (secondary N) is 1. The number of nitrogens with zero attached hydrogens (tertiary/aromatic N) is 1. The minimum atomic E-state index is 0.635. The summed E-state index contributed by atoms with van der Waals surface area (Å²) in [5.41, 5.74) is 2.00. The van der Waals surface area contributed by atoms with Crippen molar-refractivity contribution in [3.05, 3.63) is 0 Å². The average molecular weight is 142 g/mol. The second-order valence-electron chi connectivity index (χ2n) is 2.49. The summed E-state index contributed by atoms with van der Waals surface area (Å²) in [5, 5.41) is 4.10. The molecule has 0 aromatic rings. The molecule has 0 bridgehead atoms. The van der Waals surface area contributed by atoms with Gasteiger partial charge < -0.3 is 5.32 Å². The maximum absolute atomic E-state index is 4.36. The number of hydrogen-bond donors (Lipinski definition) is 1. The fourth-order valence-electron chi connectivity index (χ4n) is 1.32. The molecule has 9 heavy (non-hydrogen) atoms. The lowest BCUT2D eigenvalue weighted by Gasteiger charge is -2.22. The zero-order valence-electron chi connectivity index (χ0n) is 5.21. The van der Waals surface area contributed by atoms with Gasteiger partial charge in [-0.25, -0.2) is 0 Å². The van der Waals surface area contributed by atoms with Gasteiger partial charge in [0.2, 0.25) is 0 Å². The quantitative estimate of drug-likeness (QED) is 0.532. The van der Waals surface area contributed by atoms with E-state index in [4.69, 9.17) is 0 Å². The van der Waals surface area contributed by atoms with Crippen molar-refractivity contribution in [2.75, 3.05) is 13.1 Å². The van der Waals surface area contributed by atoms with E-state index in [0.717, 1.165) is 18.3 Å². The van der Waals surface area contributed by atoms with E-state index >= 15 is 0 Å². The Labute approximate surface area is 59.1 Å². The summed E-state index contributed by atoms with van der Waals surface area (Å²) < 4.78 is 0. The highest BCUT2D eigenvalue weighted by Gasteiger charge is 2.27. The molecule has 2 aliphatic heterocycles. The topological polar surface area (TPSA) is 24.4 Å². The third kappa shape index (κ3) is 0.990. The van der Waals surface area contributed by atoms with E-state index in [9.17, 15) is 0 Å². The van der Waals surface area contributed by atoms with Crippen LogP contribution in [0, 0.1) is 0 Å². The summed E-state index contributed by atoms with van der Waals surface area (Å²) in [6, 6.07) is 0.635. The second-order valence-corrected chi connectivity index (χ2v) is 3.58. The molecule has 2 rings (SSSR count). The predicted molar refractivity (Wildman–Crippen MR) is 41.1 cm³/mol. The van der Waals surface area contributed by atoms with E-state index in [1.807, 2.05) is 17.3 Å².